The van der Waals surface area contributed by atoms with Crippen molar-refractivity contribution in [3.63, 3.8) is 0 Å². The summed E-state index contributed by atoms with van der Waals surface area (Å²) in [6.45, 7) is 0.565. The predicted octanol–water partition coefficient (Wildman–Crippen LogP) is 2.69. The first-order chi connectivity index (χ1) is 10.8. The third kappa shape index (κ3) is 2.88. The number of benzene rings is 1. The summed E-state index contributed by atoms with van der Waals surface area (Å²) < 4.78 is 15.8. The van der Waals surface area contributed by atoms with Gasteiger partial charge in [0, 0.05) is 6.54 Å². The number of nitrogens with zero attached hydrogens (tertiary/aromatic N) is 2. The highest BCUT2D eigenvalue weighted by Gasteiger charge is 2.08. The zero-order valence-corrected chi connectivity index (χ0v) is 12.3. The molecule has 0 unspecified atom stereocenters. The smallest absolute Gasteiger partial charge is 0.242 e. The van der Waals surface area contributed by atoms with Crippen molar-refractivity contribution in [2.24, 2.45) is 0 Å². The molecule has 0 spiro atoms. The number of hydrogen-bond donors (Lipinski definition) is 2. The van der Waals surface area contributed by atoms with E-state index in [0.29, 0.717) is 35.6 Å². The van der Waals surface area contributed by atoms with Crippen LogP contribution >= 0.6 is 0 Å². The number of ether oxygens (including phenoxy) is 2. The fourth-order valence-electron chi connectivity index (χ4n) is 2.04. The molecule has 3 aromatic rings. The van der Waals surface area contributed by atoms with Gasteiger partial charge in [-0.3, -0.25) is 5.10 Å². The molecule has 0 bridgehead atoms. The summed E-state index contributed by atoms with van der Waals surface area (Å²) in [6, 6.07) is 9.34. The summed E-state index contributed by atoms with van der Waals surface area (Å²) in [6.07, 6.45) is 1.59. The Morgan fingerprint density at radius 3 is 2.77 bits per heavy atom. The van der Waals surface area contributed by atoms with Gasteiger partial charge >= 0.3 is 0 Å². The van der Waals surface area contributed by atoms with Gasteiger partial charge in [-0.05, 0) is 29.8 Å². The van der Waals surface area contributed by atoms with Gasteiger partial charge in [0.2, 0.25) is 5.95 Å². The summed E-state index contributed by atoms with van der Waals surface area (Å²) in [5.74, 6) is 3.12. The van der Waals surface area contributed by atoms with Gasteiger partial charge in [-0.1, -0.05) is 6.07 Å². The monoisotopic (exact) mass is 300 g/mol. The van der Waals surface area contributed by atoms with Crippen LogP contribution in [0, 0.1) is 0 Å². The Bertz CT molecular complexity index is 737. The molecule has 0 fully saturated rings. The molecular weight excluding hydrogens is 284 g/mol. The van der Waals surface area contributed by atoms with Crippen LogP contribution in [0.3, 0.4) is 0 Å². The summed E-state index contributed by atoms with van der Waals surface area (Å²) >= 11 is 0. The van der Waals surface area contributed by atoms with Gasteiger partial charge < -0.3 is 19.2 Å². The summed E-state index contributed by atoms with van der Waals surface area (Å²) in [7, 11) is 3.22. The molecule has 0 saturated carbocycles. The molecule has 7 nitrogen and oxygen atoms in total. The molecule has 0 amide bonds. The number of rotatable bonds is 6. The number of aromatic amines is 1. The molecule has 0 atom stereocenters. The predicted molar refractivity (Wildman–Crippen MR) is 81.0 cm³/mol. The van der Waals surface area contributed by atoms with Crippen LogP contribution in [0.2, 0.25) is 0 Å². The lowest BCUT2D eigenvalue weighted by atomic mass is 10.2. The standard InChI is InChI=1S/C15H16N4O3/c1-20-11-6-5-10(8-13(11)21-2)9-16-15-17-14(18-19-15)12-4-3-7-22-12/h3-8H,9H2,1-2H3,(H2,16,17,18,19). The lowest BCUT2D eigenvalue weighted by Crippen LogP contribution is -2.02. The van der Waals surface area contributed by atoms with Gasteiger partial charge in [0.1, 0.15) is 0 Å². The first-order valence-corrected chi connectivity index (χ1v) is 6.71. The molecule has 1 aromatic carbocycles. The third-order valence-corrected chi connectivity index (χ3v) is 3.14. The Morgan fingerprint density at radius 2 is 2.05 bits per heavy atom. The first kappa shape index (κ1) is 14.0. The largest absolute Gasteiger partial charge is 0.493 e. The normalized spacial score (nSPS) is 10.5. The molecule has 3 rings (SSSR count). The van der Waals surface area contributed by atoms with Gasteiger partial charge in [0.15, 0.2) is 23.1 Å². The van der Waals surface area contributed by atoms with E-state index >= 15 is 0 Å². The second kappa shape index (κ2) is 6.21. The Labute approximate surface area is 127 Å². The van der Waals surface area contributed by atoms with E-state index in [9.17, 15) is 0 Å². The van der Waals surface area contributed by atoms with E-state index in [1.807, 2.05) is 24.3 Å². The van der Waals surface area contributed by atoms with Crippen LogP contribution in [-0.2, 0) is 6.54 Å². The minimum absolute atomic E-state index is 0.501. The number of furan rings is 1. The van der Waals surface area contributed by atoms with Crippen molar-refractivity contribution in [3.8, 4) is 23.1 Å². The SMILES string of the molecule is COc1ccc(CNc2n[nH]c(-c3ccco3)n2)cc1OC. The molecule has 0 aliphatic carbocycles. The van der Waals surface area contributed by atoms with Crippen LogP contribution in [0.4, 0.5) is 5.95 Å². The van der Waals surface area contributed by atoms with Crippen molar-refractivity contribution in [2.75, 3.05) is 19.5 Å². The zero-order valence-electron chi connectivity index (χ0n) is 12.3. The molecular formula is C15H16N4O3. The van der Waals surface area contributed by atoms with Crippen LogP contribution in [0.25, 0.3) is 11.6 Å². The maximum atomic E-state index is 5.28. The minimum atomic E-state index is 0.501. The van der Waals surface area contributed by atoms with Gasteiger partial charge in [0.25, 0.3) is 0 Å². The van der Waals surface area contributed by atoms with E-state index in [1.54, 1.807) is 26.5 Å². The molecule has 114 valence electrons. The highest BCUT2D eigenvalue weighted by atomic mass is 16.5. The van der Waals surface area contributed by atoms with E-state index in [-0.39, 0.29) is 0 Å². The quantitative estimate of drug-likeness (QED) is 0.728. The highest BCUT2D eigenvalue weighted by molar-refractivity contribution is 5.48. The van der Waals surface area contributed by atoms with E-state index in [0.717, 1.165) is 5.56 Å². The molecule has 0 radical (unpaired) electrons. The Balaban J connectivity index is 1.68. The van der Waals surface area contributed by atoms with Crippen molar-refractivity contribution < 1.29 is 13.9 Å². The molecule has 0 aliphatic rings. The number of nitrogens with one attached hydrogen (secondary N) is 2. The first-order valence-electron chi connectivity index (χ1n) is 6.71. The molecule has 0 aliphatic heterocycles. The summed E-state index contributed by atoms with van der Waals surface area (Å²) in [4.78, 5) is 4.32. The van der Waals surface area contributed by atoms with Crippen LogP contribution in [-0.4, -0.2) is 29.4 Å². The van der Waals surface area contributed by atoms with Crippen molar-refractivity contribution in [1.29, 1.82) is 0 Å². The van der Waals surface area contributed by atoms with Crippen LogP contribution in [0.1, 0.15) is 5.56 Å². The number of hydrogen-bond acceptors (Lipinski definition) is 6. The number of anilines is 1. The highest BCUT2D eigenvalue weighted by Crippen LogP contribution is 2.27. The third-order valence-electron chi connectivity index (χ3n) is 3.14. The van der Waals surface area contributed by atoms with Gasteiger partial charge in [-0.2, -0.15) is 4.98 Å². The van der Waals surface area contributed by atoms with E-state index in [1.165, 1.54) is 0 Å². The fourth-order valence-corrected chi connectivity index (χ4v) is 2.04. The molecule has 2 aromatic heterocycles. The molecule has 0 saturated heterocycles. The second-order valence-corrected chi connectivity index (χ2v) is 4.53. The van der Waals surface area contributed by atoms with Crippen molar-refractivity contribution in [1.82, 2.24) is 15.2 Å². The van der Waals surface area contributed by atoms with Crippen molar-refractivity contribution >= 4 is 5.95 Å². The fraction of sp³-hybridized carbons (Fsp3) is 0.200. The Hall–Kier alpha value is -2.96. The molecule has 7 heteroatoms. The maximum Gasteiger partial charge on any atom is 0.242 e. The second-order valence-electron chi connectivity index (χ2n) is 4.53. The van der Waals surface area contributed by atoms with Crippen molar-refractivity contribution in [3.05, 3.63) is 42.2 Å². The van der Waals surface area contributed by atoms with Crippen LogP contribution < -0.4 is 14.8 Å². The molecule has 2 N–H and O–H groups in total. The van der Waals surface area contributed by atoms with E-state index < -0.39 is 0 Å². The Morgan fingerprint density at radius 1 is 1.18 bits per heavy atom. The maximum absolute atomic E-state index is 5.28. The van der Waals surface area contributed by atoms with Gasteiger partial charge in [0.05, 0.1) is 20.5 Å². The van der Waals surface area contributed by atoms with E-state index in [2.05, 4.69) is 20.5 Å². The summed E-state index contributed by atoms with van der Waals surface area (Å²) in [5.41, 5.74) is 1.03. The number of H-pyrrole nitrogens is 1. The Kier molecular flexibility index (Phi) is 3.95. The van der Waals surface area contributed by atoms with E-state index in [4.69, 9.17) is 13.9 Å². The van der Waals surface area contributed by atoms with Crippen molar-refractivity contribution in [2.45, 2.75) is 6.54 Å². The van der Waals surface area contributed by atoms with Gasteiger partial charge in [-0.25, -0.2) is 0 Å². The number of aromatic nitrogens is 3. The molecule has 22 heavy (non-hydrogen) atoms. The average molecular weight is 300 g/mol. The summed E-state index contributed by atoms with van der Waals surface area (Å²) in [5, 5.41) is 10.1. The average Bonchev–Trinajstić information content (AvgIpc) is 3.23. The topological polar surface area (TPSA) is 85.2 Å². The van der Waals surface area contributed by atoms with Crippen LogP contribution in [0.5, 0.6) is 11.5 Å². The minimum Gasteiger partial charge on any atom is -0.493 e. The molecule has 2 heterocycles. The van der Waals surface area contributed by atoms with Gasteiger partial charge in [-0.15, -0.1) is 5.10 Å². The lowest BCUT2D eigenvalue weighted by Gasteiger charge is -2.09. The van der Waals surface area contributed by atoms with Crippen LogP contribution in [0.15, 0.2) is 41.0 Å². The lowest BCUT2D eigenvalue weighted by molar-refractivity contribution is 0.354. The number of methoxy groups -OCH3 is 2. The zero-order chi connectivity index (χ0) is 15.4.